The second-order valence-electron chi connectivity index (χ2n) is 5.70. The molecule has 1 aromatic carbocycles. The van der Waals surface area contributed by atoms with E-state index in [0.717, 1.165) is 5.56 Å². The summed E-state index contributed by atoms with van der Waals surface area (Å²) in [7, 11) is -1.75. The van der Waals surface area contributed by atoms with Gasteiger partial charge in [0.2, 0.25) is 14.8 Å². The minimum Gasteiger partial charge on any atom is -0.405 e. The molecule has 0 N–H and O–H groups in total. The van der Waals surface area contributed by atoms with Crippen LogP contribution in [0.4, 0.5) is 13.2 Å². The number of hydrogen-bond donors (Lipinski definition) is 0. The fraction of sp³-hybridized carbons (Fsp3) is 0.429. The number of thiophene rings is 1. The molecule has 0 amide bonds. The largest absolute Gasteiger partial charge is 0.600 e. The van der Waals surface area contributed by atoms with Crippen LogP contribution in [-0.4, -0.2) is 0 Å². The van der Waals surface area contributed by atoms with E-state index in [1.54, 1.807) is 25.1 Å². The van der Waals surface area contributed by atoms with Crippen molar-refractivity contribution in [2.24, 2.45) is 0 Å². The molecule has 124 valence electrons. The van der Waals surface area contributed by atoms with Crippen LogP contribution in [0.15, 0.2) is 24.3 Å². The smallest absolute Gasteiger partial charge is 0.405 e. The van der Waals surface area contributed by atoms with Crippen molar-refractivity contribution in [1.82, 2.24) is 0 Å². The van der Waals surface area contributed by atoms with Crippen LogP contribution in [0, 0.1) is 21.7 Å². The highest BCUT2D eigenvalue weighted by atomic mass is 80.0. The van der Waals surface area contributed by atoms with E-state index >= 15 is 0 Å². The third kappa shape index (κ3) is 4.92. The number of aryl methyl sites for hydroxylation is 1. The monoisotopic (exact) mass is 400 g/mol. The highest BCUT2D eigenvalue weighted by molar-refractivity contribution is 7.38. The molecule has 3 nitrogen and oxygen atoms in total. The van der Waals surface area contributed by atoms with E-state index in [-0.39, 0.29) is 5.41 Å². The van der Waals surface area contributed by atoms with Gasteiger partial charge in [0.15, 0.2) is 9.58 Å². The number of rotatable bonds is 0. The molecule has 2 aromatic rings. The van der Waals surface area contributed by atoms with Crippen molar-refractivity contribution in [3.8, 4) is 0 Å². The lowest BCUT2D eigenvalue weighted by molar-refractivity contribution is -1.73. The van der Waals surface area contributed by atoms with Gasteiger partial charge in [0.25, 0.3) is 0 Å². The number of alkyl halides is 3. The van der Waals surface area contributed by atoms with E-state index in [0.29, 0.717) is 15.0 Å². The molecule has 2 rings (SSSR count). The SMILES string of the molecule is Cc1cc2ccc(C(C)(C)C)cc2[s+]1C(F)(F)F.[O-][Br+2]([O-])[O-]. The van der Waals surface area contributed by atoms with E-state index in [1.165, 1.54) is 0 Å². The summed E-state index contributed by atoms with van der Waals surface area (Å²) in [5.74, 6) is 0. The van der Waals surface area contributed by atoms with Gasteiger partial charge in [0.1, 0.15) is 0 Å². The van der Waals surface area contributed by atoms with Crippen molar-refractivity contribution < 1.29 is 40.6 Å². The van der Waals surface area contributed by atoms with Crippen molar-refractivity contribution in [2.75, 3.05) is 0 Å². The maximum Gasteiger partial charge on any atom is 0.600 e. The summed E-state index contributed by atoms with van der Waals surface area (Å²) < 4.78 is 65.3. The minimum absolute atomic E-state index is 0.133. The Balaban J connectivity index is 0.000000541. The summed E-state index contributed by atoms with van der Waals surface area (Å²) >= 11 is -3.65. The molecule has 0 saturated carbocycles. The van der Waals surface area contributed by atoms with Gasteiger partial charge < -0.3 is 12.6 Å². The number of fused-ring (bicyclic) bond motifs is 1. The number of hydrogen-bond acceptors (Lipinski definition) is 3. The molecule has 1 aromatic heterocycles. The first-order valence-corrected chi connectivity index (χ1v) is 9.37. The van der Waals surface area contributed by atoms with Gasteiger partial charge in [-0.15, -0.1) is 13.2 Å². The van der Waals surface area contributed by atoms with Gasteiger partial charge in [-0.25, -0.2) is 0 Å². The van der Waals surface area contributed by atoms with Crippen molar-refractivity contribution in [2.45, 2.75) is 38.6 Å². The first kappa shape index (κ1) is 19.4. The zero-order chi connectivity index (χ0) is 17.3. The van der Waals surface area contributed by atoms with Crippen LogP contribution in [0.2, 0.25) is 0 Å². The highest BCUT2D eigenvalue weighted by Gasteiger charge is 2.47. The van der Waals surface area contributed by atoms with Crippen LogP contribution >= 0.6 is 10.5 Å². The molecule has 0 bridgehead atoms. The third-order valence-electron chi connectivity index (χ3n) is 3.01. The van der Waals surface area contributed by atoms with E-state index in [1.807, 2.05) is 26.8 Å². The van der Waals surface area contributed by atoms with E-state index in [2.05, 4.69) is 0 Å². The molecule has 0 fully saturated rings. The molecule has 22 heavy (non-hydrogen) atoms. The van der Waals surface area contributed by atoms with Crippen LogP contribution in [0.25, 0.3) is 10.1 Å². The van der Waals surface area contributed by atoms with Crippen molar-refractivity contribution in [1.29, 1.82) is 0 Å². The zero-order valence-corrected chi connectivity index (χ0v) is 14.9. The average molecular weight is 401 g/mol. The Morgan fingerprint density at radius 2 is 1.50 bits per heavy atom. The van der Waals surface area contributed by atoms with Crippen LogP contribution in [0.5, 0.6) is 0 Å². The molecular weight excluding hydrogens is 385 g/mol. The summed E-state index contributed by atoms with van der Waals surface area (Å²) in [4.78, 5) is 0.406. The molecule has 0 radical (unpaired) electrons. The molecule has 0 aliphatic rings. The molecule has 1 atom stereocenters. The van der Waals surface area contributed by atoms with E-state index in [9.17, 15) is 13.2 Å². The maximum atomic E-state index is 13.1. The fourth-order valence-corrected chi connectivity index (χ4v) is 3.87. The Hall–Kier alpha value is -0.670. The third-order valence-corrected chi connectivity index (χ3v) is 5.03. The van der Waals surface area contributed by atoms with Crippen LogP contribution in [-0.2, 0) is 10.9 Å². The zero-order valence-electron chi connectivity index (χ0n) is 12.5. The maximum absolute atomic E-state index is 13.1. The molecule has 0 aliphatic carbocycles. The Kier molecular flexibility index (Phi) is 6.02. The van der Waals surface area contributed by atoms with E-state index in [4.69, 9.17) is 12.6 Å². The van der Waals surface area contributed by atoms with Gasteiger partial charge in [-0.3, -0.25) is 0 Å². The minimum atomic E-state index is -4.18. The van der Waals surface area contributed by atoms with Gasteiger partial charge in [-0.1, -0.05) is 26.8 Å². The molecule has 8 heteroatoms. The fourth-order valence-electron chi connectivity index (χ4n) is 2.06. The lowest BCUT2D eigenvalue weighted by Crippen LogP contribution is -2.42. The normalized spacial score (nSPS) is 13.3. The Bertz CT molecular complexity index is 642. The Morgan fingerprint density at radius 3 is 1.91 bits per heavy atom. The highest BCUT2D eigenvalue weighted by Crippen LogP contribution is 2.51. The average Bonchev–Trinajstić information content (AvgIpc) is 2.60. The topological polar surface area (TPSA) is 69.2 Å². The van der Waals surface area contributed by atoms with Gasteiger partial charge >= 0.3 is 5.51 Å². The summed E-state index contributed by atoms with van der Waals surface area (Å²) in [5, 5.41) is 0.709. The summed E-state index contributed by atoms with van der Waals surface area (Å²) in [6.07, 6.45) is 0. The van der Waals surface area contributed by atoms with E-state index < -0.39 is 30.8 Å². The predicted molar refractivity (Wildman–Crippen MR) is 71.2 cm³/mol. The van der Waals surface area contributed by atoms with Crippen LogP contribution in [0.3, 0.4) is 0 Å². The van der Waals surface area contributed by atoms with Gasteiger partial charge in [-0.05, 0) is 17.0 Å². The predicted octanol–water partition coefficient (Wildman–Crippen LogP) is 2.10. The van der Waals surface area contributed by atoms with Gasteiger partial charge in [0, 0.05) is 24.4 Å². The molecule has 0 spiro atoms. The molecule has 1 heterocycles. The molecule has 0 aliphatic heterocycles. The number of halogens is 4. The lowest BCUT2D eigenvalue weighted by atomic mass is 9.87. The second-order valence-corrected chi connectivity index (χ2v) is 8.65. The van der Waals surface area contributed by atoms with Crippen molar-refractivity contribution >= 4 is 20.6 Å². The first-order chi connectivity index (χ1) is 9.84. The summed E-state index contributed by atoms with van der Waals surface area (Å²) in [6, 6.07) is 7.10. The molecule has 0 saturated heterocycles. The summed E-state index contributed by atoms with van der Waals surface area (Å²) in [5.41, 5.74) is -3.36. The summed E-state index contributed by atoms with van der Waals surface area (Å²) in [6.45, 7) is 7.59. The molecule has 1 unspecified atom stereocenters. The second kappa shape index (κ2) is 6.84. The van der Waals surface area contributed by atoms with Crippen LogP contribution < -0.4 is 12.6 Å². The first-order valence-electron chi connectivity index (χ1n) is 6.21. The van der Waals surface area contributed by atoms with Gasteiger partial charge in [0.05, 0.1) is 10.5 Å². The van der Waals surface area contributed by atoms with Crippen molar-refractivity contribution in [3.63, 3.8) is 0 Å². The molecular formula is C14H16BrF3O3S. The number of benzene rings is 1. The quantitative estimate of drug-likeness (QED) is 0.635. The Labute approximate surface area is 134 Å². The van der Waals surface area contributed by atoms with Crippen molar-refractivity contribution in [3.05, 3.63) is 34.7 Å². The standard InChI is InChI=1S/C14H16F3S.BrO3/c1-9-7-10-5-6-11(13(2,3)4)8-12(10)18(9)14(15,16)17;2-1(3)4/h5-8H,1-4H3;/q+1;-1. The van der Waals surface area contributed by atoms with Gasteiger partial charge in [-0.2, -0.15) is 0 Å². The van der Waals surface area contributed by atoms with Crippen LogP contribution in [0.1, 0.15) is 31.2 Å². The Morgan fingerprint density at radius 1 is 1.00 bits per heavy atom. The lowest BCUT2D eigenvalue weighted by Gasteiger charge is -2.18.